The van der Waals surface area contributed by atoms with E-state index >= 15 is 0 Å². The Hall–Kier alpha value is -2.82. The SMILES string of the molecule is CCc1ccccc1OCC(=O)Nc1ncc2ccccn12. The lowest BCUT2D eigenvalue weighted by Crippen LogP contribution is -2.21. The summed E-state index contributed by atoms with van der Waals surface area (Å²) in [6.45, 7) is 2.01. The minimum atomic E-state index is -0.234. The van der Waals surface area contributed by atoms with Crippen molar-refractivity contribution in [1.29, 1.82) is 0 Å². The number of ether oxygens (including phenoxy) is 1. The van der Waals surface area contributed by atoms with E-state index in [-0.39, 0.29) is 12.5 Å². The van der Waals surface area contributed by atoms with E-state index in [4.69, 9.17) is 4.74 Å². The van der Waals surface area contributed by atoms with Crippen LogP contribution in [0.4, 0.5) is 5.95 Å². The predicted molar refractivity (Wildman–Crippen MR) is 85.1 cm³/mol. The Bertz CT molecular complexity index is 795. The van der Waals surface area contributed by atoms with Gasteiger partial charge in [0, 0.05) is 6.20 Å². The van der Waals surface area contributed by atoms with Gasteiger partial charge in [0.1, 0.15) is 5.75 Å². The highest BCUT2D eigenvalue weighted by Gasteiger charge is 2.09. The second-order valence-corrected chi connectivity index (χ2v) is 4.88. The van der Waals surface area contributed by atoms with Crippen molar-refractivity contribution in [2.24, 2.45) is 0 Å². The zero-order valence-electron chi connectivity index (χ0n) is 12.3. The zero-order chi connectivity index (χ0) is 15.4. The number of imidazole rings is 1. The van der Waals surface area contributed by atoms with Gasteiger partial charge in [-0.2, -0.15) is 0 Å². The molecule has 0 bridgehead atoms. The van der Waals surface area contributed by atoms with Crippen LogP contribution in [0.3, 0.4) is 0 Å². The standard InChI is InChI=1S/C17H17N3O2/c1-2-13-7-3-4-9-15(13)22-12-16(21)19-17-18-11-14-8-5-6-10-20(14)17/h3-11H,2,12H2,1H3,(H,18,19,21). The molecule has 0 aliphatic heterocycles. The molecule has 3 aromatic rings. The number of para-hydroxylation sites is 1. The average Bonchev–Trinajstić information content (AvgIpc) is 2.96. The third-order valence-electron chi connectivity index (χ3n) is 3.40. The van der Waals surface area contributed by atoms with Gasteiger partial charge in [0.05, 0.1) is 11.7 Å². The maximum absolute atomic E-state index is 12.0. The average molecular weight is 295 g/mol. The first kappa shape index (κ1) is 14.1. The van der Waals surface area contributed by atoms with Crippen molar-refractivity contribution in [3.8, 4) is 5.75 Å². The summed E-state index contributed by atoms with van der Waals surface area (Å²) in [5, 5.41) is 2.76. The van der Waals surface area contributed by atoms with Crippen molar-refractivity contribution in [2.45, 2.75) is 13.3 Å². The molecule has 1 aromatic carbocycles. The van der Waals surface area contributed by atoms with E-state index in [1.807, 2.05) is 53.1 Å². The number of benzene rings is 1. The molecule has 0 aliphatic carbocycles. The van der Waals surface area contributed by atoms with Gasteiger partial charge in [0.25, 0.3) is 5.91 Å². The fourth-order valence-corrected chi connectivity index (χ4v) is 2.28. The number of anilines is 1. The van der Waals surface area contributed by atoms with E-state index in [1.54, 1.807) is 6.20 Å². The Balaban J connectivity index is 1.65. The molecular weight excluding hydrogens is 278 g/mol. The second-order valence-electron chi connectivity index (χ2n) is 4.88. The van der Waals surface area contributed by atoms with Gasteiger partial charge in [-0.15, -0.1) is 0 Å². The molecule has 0 unspecified atom stereocenters. The molecule has 2 heterocycles. The summed E-state index contributed by atoms with van der Waals surface area (Å²) < 4.78 is 7.42. The quantitative estimate of drug-likeness (QED) is 0.787. The third-order valence-corrected chi connectivity index (χ3v) is 3.40. The predicted octanol–water partition coefficient (Wildman–Crippen LogP) is 2.91. The summed E-state index contributed by atoms with van der Waals surface area (Å²) in [5.41, 5.74) is 2.01. The van der Waals surface area contributed by atoms with Gasteiger partial charge in [0.2, 0.25) is 5.95 Å². The summed E-state index contributed by atoms with van der Waals surface area (Å²) in [5.74, 6) is 1.00. The summed E-state index contributed by atoms with van der Waals surface area (Å²) in [7, 11) is 0. The smallest absolute Gasteiger partial charge is 0.264 e. The number of fused-ring (bicyclic) bond motifs is 1. The van der Waals surface area contributed by atoms with Crippen LogP contribution in [0.15, 0.2) is 54.9 Å². The lowest BCUT2D eigenvalue weighted by molar-refractivity contribution is -0.118. The second kappa shape index (κ2) is 6.30. The number of rotatable bonds is 5. The molecule has 0 atom stereocenters. The van der Waals surface area contributed by atoms with Crippen molar-refractivity contribution in [3.05, 3.63) is 60.4 Å². The van der Waals surface area contributed by atoms with Crippen LogP contribution in [0.2, 0.25) is 0 Å². The first-order chi connectivity index (χ1) is 10.8. The van der Waals surface area contributed by atoms with Crippen LogP contribution in [-0.2, 0) is 11.2 Å². The number of amides is 1. The first-order valence-corrected chi connectivity index (χ1v) is 7.20. The van der Waals surface area contributed by atoms with Crippen molar-refractivity contribution in [1.82, 2.24) is 9.38 Å². The van der Waals surface area contributed by atoms with E-state index in [9.17, 15) is 4.79 Å². The number of carbonyl (C=O) groups is 1. The molecule has 1 N–H and O–H groups in total. The fourth-order valence-electron chi connectivity index (χ4n) is 2.28. The topological polar surface area (TPSA) is 55.6 Å². The Morgan fingerprint density at radius 3 is 2.91 bits per heavy atom. The molecule has 0 fully saturated rings. The highest BCUT2D eigenvalue weighted by molar-refractivity contribution is 5.90. The van der Waals surface area contributed by atoms with E-state index in [0.717, 1.165) is 23.3 Å². The number of nitrogens with one attached hydrogen (secondary N) is 1. The highest BCUT2D eigenvalue weighted by Crippen LogP contribution is 2.18. The molecule has 5 heteroatoms. The zero-order valence-corrected chi connectivity index (χ0v) is 12.3. The van der Waals surface area contributed by atoms with Crippen LogP contribution < -0.4 is 10.1 Å². The van der Waals surface area contributed by atoms with E-state index in [1.165, 1.54) is 0 Å². The van der Waals surface area contributed by atoms with Crippen LogP contribution in [0.5, 0.6) is 5.75 Å². The van der Waals surface area contributed by atoms with Crippen LogP contribution in [0, 0.1) is 0 Å². The number of nitrogens with zero attached hydrogens (tertiary/aromatic N) is 2. The Kier molecular flexibility index (Phi) is 4.05. The van der Waals surface area contributed by atoms with Crippen molar-refractivity contribution >= 4 is 17.4 Å². The largest absolute Gasteiger partial charge is 0.483 e. The van der Waals surface area contributed by atoms with Crippen LogP contribution in [-0.4, -0.2) is 21.9 Å². The Morgan fingerprint density at radius 1 is 1.23 bits per heavy atom. The van der Waals surface area contributed by atoms with Crippen molar-refractivity contribution in [3.63, 3.8) is 0 Å². The molecule has 1 amide bonds. The first-order valence-electron chi connectivity index (χ1n) is 7.20. The maximum Gasteiger partial charge on any atom is 0.264 e. The number of hydrogen-bond donors (Lipinski definition) is 1. The minimum Gasteiger partial charge on any atom is -0.483 e. The van der Waals surface area contributed by atoms with Crippen LogP contribution in [0.25, 0.3) is 5.52 Å². The lowest BCUT2D eigenvalue weighted by atomic mass is 10.1. The molecule has 112 valence electrons. The van der Waals surface area contributed by atoms with Gasteiger partial charge >= 0.3 is 0 Å². The number of carbonyl (C=O) groups excluding carboxylic acids is 1. The summed E-state index contributed by atoms with van der Waals surface area (Å²) in [4.78, 5) is 16.2. The monoisotopic (exact) mass is 295 g/mol. The van der Waals surface area contributed by atoms with E-state index < -0.39 is 0 Å². The van der Waals surface area contributed by atoms with E-state index in [0.29, 0.717) is 5.95 Å². The summed E-state index contributed by atoms with van der Waals surface area (Å²) in [6, 6.07) is 13.5. The highest BCUT2D eigenvalue weighted by atomic mass is 16.5. The molecule has 0 radical (unpaired) electrons. The molecule has 0 saturated carbocycles. The van der Waals surface area contributed by atoms with Gasteiger partial charge < -0.3 is 4.74 Å². The molecule has 2 aromatic heterocycles. The van der Waals surface area contributed by atoms with Crippen LogP contribution >= 0.6 is 0 Å². The molecule has 3 rings (SSSR count). The van der Waals surface area contributed by atoms with Gasteiger partial charge in [0.15, 0.2) is 6.61 Å². The number of pyridine rings is 1. The number of hydrogen-bond acceptors (Lipinski definition) is 3. The Labute approximate surface area is 128 Å². The van der Waals surface area contributed by atoms with Crippen molar-refractivity contribution < 1.29 is 9.53 Å². The van der Waals surface area contributed by atoms with Crippen molar-refractivity contribution in [2.75, 3.05) is 11.9 Å². The molecule has 0 aliphatic rings. The van der Waals surface area contributed by atoms with Gasteiger partial charge in [-0.1, -0.05) is 31.2 Å². The molecule has 22 heavy (non-hydrogen) atoms. The molecular formula is C17H17N3O2. The maximum atomic E-state index is 12.0. The third kappa shape index (κ3) is 2.93. The lowest BCUT2D eigenvalue weighted by Gasteiger charge is -2.10. The fraction of sp³-hybridized carbons (Fsp3) is 0.176. The van der Waals surface area contributed by atoms with Gasteiger partial charge in [-0.05, 0) is 30.2 Å². The van der Waals surface area contributed by atoms with E-state index in [2.05, 4.69) is 17.2 Å². The summed E-state index contributed by atoms with van der Waals surface area (Å²) in [6.07, 6.45) is 4.43. The van der Waals surface area contributed by atoms with Gasteiger partial charge in [-0.3, -0.25) is 14.5 Å². The van der Waals surface area contributed by atoms with Gasteiger partial charge in [-0.25, -0.2) is 4.98 Å². The minimum absolute atomic E-state index is 0.0429. The van der Waals surface area contributed by atoms with Crippen LogP contribution in [0.1, 0.15) is 12.5 Å². The Morgan fingerprint density at radius 2 is 2.05 bits per heavy atom. The molecule has 5 nitrogen and oxygen atoms in total. The molecule has 0 saturated heterocycles. The normalized spacial score (nSPS) is 10.6. The number of aryl methyl sites for hydroxylation is 1. The number of aromatic nitrogens is 2. The summed E-state index contributed by atoms with van der Waals surface area (Å²) >= 11 is 0. The molecule has 0 spiro atoms.